The SMILES string of the molecule is O=C(Cc1ccnc(C(=O)NC23CCC(F)(C2)C3)c1)Cc1ccccc1F. The first-order valence-electron chi connectivity index (χ1n) is 9.08. The summed E-state index contributed by atoms with van der Waals surface area (Å²) in [5.74, 6) is -0.892. The molecular weight excluding hydrogens is 350 g/mol. The van der Waals surface area contributed by atoms with Crippen LogP contribution in [0.2, 0.25) is 0 Å². The van der Waals surface area contributed by atoms with E-state index in [1.807, 2.05) is 0 Å². The van der Waals surface area contributed by atoms with Gasteiger partial charge in [0.05, 0.1) is 0 Å². The van der Waals surface area contributed by atoms with Gasteiger partial charge in [-0.25, -0.2) is 8.78 Å². The Hall–Kier alpha value is -2.63. The molecule has 0 saturated heterocycles. The fourth-order valence-corrected chi connectivity index (χ4v) is 4.29. The Bertz CT molecular complexity index is 907. The Morgan fingerprint density at radius 2 is 1.89 bits per heavy atom. The number of nitrogens with one attached hydrogen (secondary N) is 1. The summed E-state index contributed by atoms with van der Waals surface area (Å²) in [5.41, 5.74) is -0.335. The first-order valence-corrected chi connectivity index (χ1v) is 9.08. The molecule has 4 nitrogen and oxygen atoms in total. The minimum atomic E-state index is -1.11. The zero-order valence-electron chi connectivity index (χ0n) is 14.8. The number of alkyl halides is 1. The van der Waals surface area contributed by atoms with E-state index < -0.39 is 17.0 Å². The van der Waals surface area contributed by atoms with Gasteiger partial charge in [0.15, 0.2) is 0 Å². The van der Waals surface area contributed by atoms with Crippen molar-refractivity contribution in [1.29, 1.82) is 0 Å². The second-order valence-corrected chi connectivity index (χ2v) is 7.77. The number of rotatable bonds is 6. The predicted octanol–water partition coefficient (Wildman–Crippen LogP) is 3.34. The van der Waals surface area contributed by atoms with Gasteiger partial charge in [-0.15, -0.1) is 0 Å². The topological polar surface area (TPSA) is 59.1 Å². The van der Waals surface area contributed by atoms with Crippen molar-refractivity contribution in [2.45, 2.75) is 49.7 Å². The van der Waals surface area contributed by atoms with Crippen molar-refractivity contribution in [3.8, 4) is 0 Å². The van der Waals surface area contributed by atoms with Crippen LogP contribution in [0.25, 0.3) is 0 Å². The van der Waals surface area contributed by atoms with Gasteiger partial charge in [0.1, 0.15) is 23.0 Å². The minimum Gasteiger partial charge on any atom is -0.345 e. The van der Waals surface area contributed by atoms with E-state index >= 15 is 0 Å². The van der Waals surface area contributed by atoms with Crippen LogP contribution < -0.4 is 5.32 Å². The van der Waals surface area contributed by atoms with Gasteiger partial charge in [0.25, 0.3) is 5.91 Å². The summed E-state index contributed by atoms with van der Waals surface area (Å²) in [7, 11) is 0. The number of Topliss-reactive ketones (excluding diaryl/α,β-unsaturated/α-hetero) is 1. The first-order chi connectivity index (χ1) is 12.9. The van der Waals surface area contributed by atoms with E-state index in [1.165, 1.54) is 12.3 Å². The fraction of sp³-hybridized carbons (Fsp3) is 0.381. The van der Waals surface area contributed by atoms with E-state index in [9.17, 15) is 18.4 Å². The van der Waals surface area contributed by atoms with Crippen LogP contribution >= 0.6 is 0 Å². The molecule has 3 aliphatic carbocycles. The largest absolute Gasteiger partial charge is 0.345 e. The number of halogens is 2. The molecule has 140 valence electrons. The summed E-state index contributed by atoms with van der Waals surface area (Å²) in [6.45, 7) is 0. The molecule has 0 atom stereocenters. The van der Waals surface area contributed by atoms with Crippen LogP contribution in [0.15, 0.2) is 42.6 Å². The third-order valence-electron chi connectivity index (χ3n) is 5.54. The molecule has 0 spiro atoms. The lowest BCUT2D eigenvalue weighted by molar-refractivity contribution is -0.117. The highest BCUT2D eigenvalue weighted by molar-refractivity contribution is 5.93. The van der Waals surface area contributed by atoms with Crippen LogP contribution in [0.1, 0.15) is 47.3 Å². The van der Waals surface area contributed by atoms with Crippen LogP contribution in [0.5, 0.6) is 0 Å². The van der Waals surface area contributed by atoms with Crippen LogP contribution in [-0.2, 0) is 17.6 Å². The maximum absolute atomic E-state index is 14.0. The maximum Gasteiger partial charge on any atom is 0.270 e. The van der Waals surface area contributed by atoms with Crippen molar-refractivity contribution in [2.24, 2.45) is 0 Å². The smallest absolute Gasteiger partial charge is 0.270 e. The third-order valence-corrected chi connectivity index (χ3v) is 5.54. The number of amides is 1. The van der Waals surface area contributed by atoms with Crippen molar-refractivity contribution in [2.75, 3.05) is 0 Å². The first kappa shape index (κ1) is 17.8. The number of fused-ring (bicyclic) bond motifs is 1. The molecule has 1 N–H and O–H groups in total. The molecule has 5 rings (SSSR count). The summed E-state index contributed by atoms with van der Waals surface area (Å²) in [4.78, 5) is 28.8. The number of hydrogen-bond donors (Lipinski definition) is 1. The van der Waals surface area contributed by atoms with Crippen molar-refractivity contribution in [3.63, 3.8) is 0 Å². The van der Waals surface area contributed by atoms with Crippen molar-refractivity contribution < 1.29 is 18.4 Å². The minimum absolute atomic E-state index is 0.00177. The highest BCUT2D eigenvalue weighted by Gasteiger charge is 2.62. The molecule has 27 heavy (non-hydrogen) atoms. The number of carbonyl (C=O) groups is 2. The van der Waals surface area contributed by atoms with Crippen molar-refractivity contribution in [3.05, 3.63) is 65.2 Å². The van der Waals surface area contributed by atoms with Gasteiger partial charge in [-0.3, -0.25) is 14.6 Å². The molecule has 0 unspecified atom stereocenters. The van der Waals surface area contributed by atoms with E-state index in [0.29, 0.717) is 36.8 Å². The average Bonchev–Trinajstić information content (AvgIpc) is 3.10. The summed E-state index contributed by atoms with van der Waals surface area (Å²) < 4.78 is 27.6. The van der Waals surface area contributed by atoms with Gasteiger partial charge < -0.3 is 5.32 Å². The van der Waals surface area contributed by atoms with Gasteiger partial charge in [-0.1, -0.05) is 18.2 Å². The summed E-state index contributed by atoms with van der Waals surface area (Å²) in [5, 5.41) is 2.91. The monoisotopic (exact) mass is 370 g/mol. The molecule has 1 aromatic heterocycles. The summed E-state index contributed by atoms with van der Waals surface area (Å²) >= 11 is 0. The van der Waals surface area contributed by atoms with Gasteiger partial charge in [-0.2, -0.15) is 0 Å². The lowest BCUT2D eigenvalue weighted by atomic mass is 9.75. The highest BCUT2D eigenvalue weighted by Crippen LogP contribution is 2.57. The molecule has 2 bridgehead atoms. The number of nitrogens with zero attached hydrogens (tertiary/aromatic N) is 1. The molecule has 1 heterocycles. The van der Waals surface area contributed by atoms with Crippen LogP contribution in [0.4, 0.5) is 8.78 Å². The maximum atomic E-state index is 14.0. The number of pyridine rings is 1. The van der Waals surface area contributed by atoms with Crippen molar-refractivity contribution >= 4 is 11.7 Å². The molecule has 6 heteroatoms. The Balaban J connectivity index is 1.39. The lowest BCUT2D eigenvalue weighted by Gasteiger charge is -2.42. The average molecular weight is 370 g/mol. The van der Waals surface area contributed by atoms with Gasteiger partial charge >= 0.3 is 0 Å². The molecule has 3 saturated carbocycles. The zero-order valence-corrected chi connectivity index (χ0v) is 14.8. The highest BCUT2D eigenvalue weighted by atomic mass is 19.1. The summed E-state index contributed by atoms with van der Waals surface area (Å²) in [6, 6.07) is 9.42. The molecule has 3 fully saturated rings. The second kappa shape index (κ2) is 6.51. The van der Waals surface area contributed by atoms with Crippen molar-refractivity contribution in [1.82, 2.24) is 10.3 Å². The van der Waals surface area contributed by atoms with Gasteiger partial charge in [0, 0.05) is 37.4 Å². The van der Waals surface area contributed by atoms with E-state index in [0.717, 1.165) is 0 Å². The van der Waals surface area contributed by atoms with Crippen LogP contribution in [0.3, 0.4) is 0 Å². The number of hydrogen-bond acceptors (Lipinski definition) is 3. The number of ketones is 1. The molecule has 2 aromatic rings. The number of aromatic nitrogens is 1. The van der Waals surface area contributed by atoms with E-state index in [1.54, 1.807) is 30.3 Å². The number of benzene rings is 1. The Morgan fingerprint density at radius 1 is 1.11 bits per heavy atom. The second-order valence-electron chi connectivity index (χ2n) is 7.77. The van der Waals surface area contributed by atoms with Gasteiger partial charge in [-0.05, 0) is 42.2 Å². The molecule has 0 radical (unpaired) electrons. The molecule has 0 aliphatic heterocycles. The Morgan fingerprint density at radius 3 is 2.59 bits per heavy atom. The fourth-order valence-electron chi connectivity index (χ4n) is 4.29. The molecule has 1 aromatic carbocycles. The Kier molecular flexibility index (Phi) is 4.29. The summed E-state index contributed by atoms with van der Waals surface area (Å²) in [6.07, 6.45) is 3.45. The van der Waals surface area contributed by atoms with E-state index in [4.69, 9.17) is 0 Å². The quantitative estimate of drug-likeness (QED) is 0.848. The standard InChI is InChI=1S/C21H20F2N2O2/c22-17-4-2-1-3-15(17)11-16(26)9-14-5-8-24-18(10-14)19(27)25-21-7-6-20(23,12-21)13-21/h1-5,8,10H,6-7,9,11-13H2,(H,25,27). The van der Waals surface area contributed by atoms with Crippen LogP contribution in [-0.4, -0.2) is 27.9 Å². The normalized spacial score (nSPS) is 25.7. The molecule has 1 amide bonds. The van der Waals surface area contributed by atoms with Gasteiger partial charge in [0.2, 0.25) is 0 Å². The molecule has 3 aliphatic rings. The zero-order chi connectivity index (χ0) is 19.1. The Labute approximate surface area is 156 Å². The molecular formula is C21H20F2N2O2. The number of carbonyl (C=O) groups excluding carboxylic acids is 2. The lowest BCUT2D eigenvalue weighted by Crippen LogP contribution is -2.57. The third kappa shape index (κ3) is 3.61. The van der Waals surface area contributed by atoms with Crippen LogP contribution in [0, 0.1) is 5.82 Å². The van der Waals surface area contributed by atoms with E-state index in [-0.39, 0.29) is 30.2 Å². The predicted molar refractivity (Wildman–Crippen MR) is 95.6 cm³/mol. The van der Waals surface area contributed by atoms with E-state index in [2.05, 4.69) is 10.3 Å².